The number of Topliss-reactive ketones (excluding diaryl/α,β-unsaturated/α-hetero) is 1. The summed E-state index contributed by atoms with van der Waals surface area (Å²) in [7, 11) is 1.35. The van der Waals surface area contributed by atoms with E-state index in [0.29, 0.717) is 24.8 Å². The van der Waals surface area contributed by atoms with Gasteiger partial charge < -0.3 is 4.74 Å². The molecule has 0 amide bonds. The van der Waals surface area contributed by atoms with Gasteiger partial charge in [0.2, 0.25) is 0 Å². The van der Waals surface area contributed by atoms with Crippen molar-refractivity contribution in [1.29, 1.82) is 0 Å². The number of hydrogen-bond donors (Lipinski definition) is 0. The minimum Gasteiger partial charge on any atom is -0.469 e. The topological polar surface area (TPSA) is 43.4 Å². The molecule has 0 spiro atoms. The number of ketones is 1. The largest absolute Gasteiger partial charge is 0.469 e. The minimum absolute atomic E-state index is 0.0734. The van der Waals surface area contributed by atoms with Gasteiger partial charge in [-0.3, -0.25) is 9.59 Å². The number of esters is 1. The summed E-state index contributed by atoms with van der Waals surface area (Å²) in [4.78, 5) is 22.7. The van der Waals surface area contributed by atoms with E-state index in [1.807, 2.05) is 24.3 Å². The van der Waals surface area contributed by atoms with Gasteiger partial charge in [0.25, 0.3) is 0 Å². The van der Waals surface area contributed by atoms with Crippen LogP contribution in [0.15, 0.2) is 24.3 Å². The molecule has 3 nitrogen and oxygen atoms in total. The first kappa shape index (κ1) is 14.9. The van der Waals surface area contributed by atoms with E-state index in [2.05, 4.69) is 20.7 Å². The molecule has 1 aromatic carbocycles. The first-order valence-corrected chi connectivity index (χ1v) is 7.04. The molecule has 0 aliphatic rings. The Morgan fingerprint density at radius 2 is 1.83 bits per heavy atom. The summed E-state index contributed by atoms with van der Waals surface area (Å²) < 4.78 is 4.53. The summed E-state index contributed by atoms with van der Waals surface area (Å²) in [6.45, 7) is 0. The van der Waals surface area contributed by atoms with Crippen molar-refractivity contribution in [2.24, 2.45) is 0 Å². The van der Waals surface area contributed by atoms with E-state index in [4.69, 9.17) is 0 Å². The van der Waals surface area contributed by atoms with Crippen molar-refractivity contribution in [3.8, 4) is 0 Å². The lowest BCUT2D eigenvalue weighted by Crippen LogP contribution is -2.03. The van der Waals surface area contributed by atoms with Crippen molar-refractivity contribution in [2.45, 2.75) is 25.7 Å². The molecule has 0 atom stereocenters. The molecule has 0 fully saturated rings. The quantitative estimate of drug-likeness (QED) is 0.441. The molecule has 98 valence electrons. The van der Waals surface area contributed by atoms with Crippen molar-refractivity contribution < 1.29 is 14.3 Å². The standard InChI is InChI=1S/C14H17BrO3/c1-18-14(17)4-2-3-13(16)12-7-5-11(6-8-12)9-10-15/h5-8H,2-4,9-10H2,1H3. The van der Waals surface area contributed by atoms with Gasteiger partial charge in [0.15, 0.2) is 5.78 Å². The average Bonchev–Trinajstić information content (AvgIpc) is 2.39. The zero-order valence-corrected chi connectivity index (χ0v) is 12.0. The smallest absolute Gasteiger partial charge is 0.305 e. The van der Waals surface area contributed by atoms with E-state index >= 15 is 0 Å². The lowest BCUT2D eigenvalue weighted by molar-refractivity contribution is -0.140. The number of alkyl halides is 1. The highest BCUT2D eigenvalue weighted by Gasteiger charge is 2.07. The lowest BCUT2D eigenvalue weighted by Gasteiger charge is -2.03. The first-order valence-electron chi connectivity index (χ1n) is 5.92. The molecule has 0 unspecified atom stereocenters. The Labute approximate surface area is 116 Å². The Balaban J connectivity index is 2.44. The zero-order chi connectivity index (χ0) is 13.4. The van der Waals surface area contributed by atoms with Crippen molar-refractivity contribution in [1.82, 2.24) is 0 Å². The van der Waals surface area contributed by atoms with Gasteiger partial charge in [0, 0.05) is 23.7 Å². The van der Waals surface area contributed by atoms with Crippen LogP contribution in [0.25, 0.3) is 0 Å². The fourth-order valence-electron chi connectivity index (χ4n) is 1.61. The van der Waals surface area contributed by atoms with E-state index in [1.54, 1.807) is 0 Å². The van der Waals surface area contributed by atoms with E-state index in [0.717, 1.165) is 11.8 Å². The third-order valence-corrected chi connectivity index (χ3v) is 3.07. The van der Waals surface area contributed by atoms with Gasteiger partial charge in [-0.1, -0.05) is 40.2 Å². The van der Waals surface area contributed by atoms with Crippen molar-refractivity contribution in [3.05, 3.63) is 35.4 Å². The molecule has 0 saturated heterocycles. The fourth-order valence-corrected chi connectivity index (χ4v) is 2.06. The summed E-state index contributed by atoms with van der Waals surface area (Å²) in [5.41, 5.74) is 1.91. The highest BCUT2D eigenvalue weighted by molar-refractivity contribution is 9.09. The van der Waals surface area contributed by atoms with Crippen molar-refractivity contribution >= 4 is 27.7 Å². The maximum Gasteiger partial charge on any atom is 0.305 e. The predicted octanol–water partition coefficient (Wildman–Crippen LogP) is 3.15. The van der Waals surface area contributed by atoms with E-state index < -0.39 is 0 Å². The van der Waals surface area contributed by atoms with Gasteiger partial charge in [-0.25, -0.2) is 0 Å². The van der Waals surface area contributed by atoms with E-state index in [-0.39, 0.29) is 11.8 Å². The van der Waals surface area contributed by atoms with Gasteiger partial charge in [-0.2, -0.15) is 0 Å². The molecule has 0 saturated carbocycles. The summed E-state index contributed by atoms with van der Waals surface area (Å²) in [6.07, 6.45) is 2.17. The van der Waals surface area contributed by atoms with Crippen LogP contribution in [0.3, 0.4) is 0 Å². The second-order valence-corrected chi connectivity index (χ2v) is 4.78. The zero-order valence-electron chi connectivity index (χ0n) is 10.4. The van der Waals surface area contributed by atoms with Crippen LogP contribution in [-0.4, -0.2) is 24.2 Å². The van der Waals surface area contributed by atoms with Crippen LogP contribution in [-0.2, 0) is 16.0 Å². The molecular weight excluding hydrogens is 296 g/mol. The van der Waals surface area contributed by atoms with Crippen molar-refractivity contribution in [3.63, 3.8) is 0 Å². The molecule has 0 heterocycles. The molecule has 0 aromatic heterocycles. The molecular formula is C14H17BrO3. The molecule has 0 aliphatic heterocycles. The molecule has 0 radical (unpaired) electrons. The van der Waals surface area contributed by atoms with Crippen LogP contribution in [0.2, 0.25) is 0 Å². The fraction of sp³-hybridized carbons (Fsp3) is 0.429. The maximum absolute atomic E-state index is 11.8. The molecule has 18 heavy (non-hydrogen) atoms. The highest BCUT2D eigenvalue weighted by atomic mass is 79.9. The van der Waals surface area contributed by atoms with Crippen LogP contribution in [0.4, 0.5) is 0 Å². The molecule has 0 aliphatic carbocycles. The minimum atomic E-state index is -0.268. The molecule has 1 rings (SSSR count). The predicted molar refractivity (Wildman–Crippen MR) is 74.1 cm³/mol. The number of benzene rings is 1. The number of halogens is 1. The normalized spacial score (nSPS) is 10.1. The summed E-state index contributed by atoms with van der Waals surface area (Å²) in [5.74, 6) is -0.195. The number of carbonyl (C=O) groups excluding carboxylic acids is 2. The third-order valence-electron chi connectivity index (χ3n) is 2.67. The third kappa shape index (κ3) is 5.00. The summed E-state index contributed by atoms with van der Waals surface area (Å²) in [5, 5.41) is 0.916. The molecule has 4 heteroatoms. The maximum atomic E-state index is 11.8. The summed E-state index contributed by atoms with van der Waals surface area (Å²) in [6, 6.07) is 7.63. The Morgan fingerprint density at radius 3 is 2.39 bits per heavy atom. The van der Waals surface area contributed by atoms with Gasteiger partial charge in [0.05, 0.1) is 7.11 Å². The monoisotopic (exact) mass is 312 g/mol. The van der Waals surface area contributed by atoms with Crippen molar-refractivity contribution in [2.75, 3.05) is 12.4 Å². The Bertz CT molecular complexity index is 398. The first-order chi connectivity index (χ1) is 8.67. The Kier molecular flexibility index (Phi) is 6.65. The Hall–Kier alpha value is -1.16. The lowest BCUT2D eigenvalue weighted by atomic mass is 10.0. The molecule has 1 aromatic rings. The number of methoxy groups -OCH3 is 1. The van der Waals surface area contributed by atoms with Gasteiger partial charge >= 0.3 is 5.97 Å². The van der Waals surface area contributed by atoms with Gasteiger partial charge in [-0.05, 0) is 18.4 Å². The van der Waals surface area contributed by atoms with Crippen LogP contribution < -0.4 is 0 Å². The van der Waals surface area contributed by atoms with Crippen LogP contribution >= 0.6 is 15.9 Å². The number of rotatable bonds is 7. The second kappa shape index (κ2) is 8.03. The average molecular weight is 313 g/mol. The van der Waals surface area contributed by atoms with Gasteiger partial charge in [0.1, 0.15) is 0 Å². The van der Waals surface area contributed by atoms with Crippen LogP contribution in [0, 0.1) is 0 Å². The van der Waals surface area contributed by atoms with Crippen LogP contribution in [0.1, 0.15) is 35.2 Å². The van der Waals surface area contributed by atoms with E-state index in [1.165, 1.54) is 12.7 Å². The SMILES string of the molecule is COC(=O)CCCC(=O)c1ccc(CCBr)cc1. The number of aryl methyl sites for hydroxylation is 1. The van der Waals surface area contributed by atoms with Crippen LogP contribution in [0.5, 0.6) is 0 Å². The molecule has 0 bridgehead atoms. The summed E-state index contributed by atoms with van der Waals surface area (Å²) >= 11 is 3.38. The van der Waals surface area contributed by atoms with Gasteiger partial charge in [-0.15, -0.1) is 0 Å². The number of carbonyl (C=O) groups is 2. The van der Waals surface area contributed by atoms with E-state index in [9.17, 15) is 9.59 Å². The molecule has 0 N–H and O–H groups in total. The number of ether oxygens (including phenoxy) is 1. The second-order valence-electron chi connectivity index (χ2n) is 3.99. The Morgan fingerprint density at radius 1 is 1.17 bits per heavy atom. The highest BCUT2D eigenvalue weighted by Crippen LogP contribution is 2.10. The number of hydrogen-bond acceptors (Lipinski definition) is 3.